The van der Waals surface area contributed by atoms with E-state index in [9.17, 15) is 13.6 Å². The molecule has 1 heterocycles. The molecule has 0 atom stereocenters. The number of halogens is 2. The maximum absolute atomic E-state index is 13.3. The van der Waals surface area contributed by atoms with E-state index in [4.69, 9.17) is 9.84 Å². The number of thiophene rings is 1. The van der Waals surface area contributed by atoms with Crippen molar-refractivity contribution in [2.24, 2.45) is 0 Å². The van der Waals surface area contributed by atoms with Gasteiger partial charge in [0.1, 0.15) is 11.5 Å². The zero-order chi connectivity index (χ0) is 14.0. The fourth-order valence-corrected chi connectivity index (χ4v) is 2.39. The molecule has 1 aromatic carbocycles. The van der Waals surface area contributed by atoms with Gasteiger partial charge >= 0.3 is 5.97 Å². The highest BCUT2D eigenvalue weighted by Gasteiger charge is 2.13. The molecule has 0 aliphatic carbocycles. The number of benzene rings is 1. The van der Waals surface area contributed by atoms with Crippen molar-refractivity contribution in [3.8, 4) is 5.75 Å². The lowest BCUT2D eigenvalue weighted by Crippen LogP contribution is -1.99. The number of hydrogen-bond donors (Lipinski definition) is 1. The topological polar surface area (TPSA) is 46.5 Å². The third kappa shape index (κ3) is 2.90. The lowest BCUT2D eigenvalue weighted by atomic mass is 10.2. The zero-order valence-electron chi connectivity index (χ0n) is 9.94. The third-order valence-corrected chi connectivity index (χ3v) is 3.61. The molecule has 2 rings (SSSR count). The lowest BCUT2D eigenvalue weighted by Gasteiger charge is -2.06. The Balaban J connectivity index is 2.14. The number of hydrogen-bond acceptors (Lipinski definition) is 3. The van der Waals surface area contributed by atoms with Crippen molar-refractivity contribution >= 4 is 17.3 Å². The second-order valence-electron chi connectivity index (χ2n) is 3.84. The van der Waals surface area contributed by atoms with Gasteiger partial charge in [-0.05, 0) is 25.1 Å². The molecule has 19 heavy (non-hydrogen) atoms. The van der Waals surface area contributed by atoms with E-state index >= 15 is 0 Å². The van der Waals surface area contributed by atoms with E-state index in [-0.39, 0.29) is 17.2 Å². The van der Waals surface area contributed by atoms with Gasteiger partial charge in [0, 0.05) is 10.4 Å². The summed E-state index contributed by atoms with van der Waals surface area (Å²) in [7, 11) is 0. The van der Waals surface area contributed by atoms with Crippen molar-refractivity contribution in [3.63, 3.8) is 0 Å². The SMILES string of the molecule is Cc1sc(C(=O)O)cc1COc1cccc(F)c1F. The van der Waals surface area contributed by atoms with Gasteiger partial charge in [-0.3, -0.25) is 0 Å². The minimum Gasteiger partial charge on any atom is -0.486 e. The summed E-state index contributed by atoms with van der Waals surface area (Å²) in [6.45, 7) is 1.74. The molecular formula is C13H10F2O3S. The van der Waals surface area contributed by atoms with Gasteiger partial charge in [0.25, 0.3) is 0 Å². The number of carboxylic acid groups (broad SMARTS) is 1. The minimum atomic E-state index is -1.05. The molecule has 0 spiro atoms. The number of ether oxygens (including phenoxy) is 1. The van der Waals surface area contributed by atoms with Gasteiger partial charge in [0.15, 0.2) is 11.6 Å². The molecule has 6 heteroatoms. The standard InChI is InChI=1S/C13H10F2O3S/c1-7-8(5-11(19-7)13(16)17)6-18-10-4-2-3-9(14)12(10)15/h2-5H,6H2,1H3,(H,16,17). The lowest BCUT2D eigenvalue weighted by molar-refractivity contribution is 0.0702. The number of carbonyl (C=O) groups is 1. The van der Waals surface area contributed by atoms with Crippen LogP contribution in [0.25, 0.3) is 0 Å². The molecule has 0 bridgehead atoms. The second kappa shape index (κ2) is 5.36. The first-order valence-electron chi connectivity index (χ1n) is 5.38. The Bertz CT molecular complexity index is 622. The Hall–Kier alpha value is -1.95. The molecular weight excluding hydrogens is 274 g/mol. The van der Waals surface area contributed by atoms with Gasteiger partial charge in [0.2, 0.25) is 5.82 Å². The Morgan fingerprint density at radius 1 is 1.42 bits per heavy atom. The molecule has 0 saturated heterocycles. The second-order valence-corrected chi connectivity index (χ2v) is 5.09. The predicted molar refractivity (Wildman–Crippen MR) is 66.7 cm³/mol. The van der Waals surface area contributed by atoms with E-state index in [2.05, 4.69) is 0 Å². The van der Waals surface area contributed by atoms with Gasteiger partial charge in [-0.1, -0.05) is 6.07 Å². The first-order valence-corrected chi connectivity index (χ1v) is 6.20. The van der Waals surface area contributed by atoms with Crippen LogP contribution in [0.15, 0.2) is 24.3 Å². The molecule has 3 nitrogen and oxygen atoms in total. The summed E-state index contributed by atoms with van der Waals surface area (Å²) in [6, 6.07) is 5.13. The van der Waals surface area contributed by atoms with Gasteiger partial charge < -0.3 is 9.84 Å². The number of aryl methyl sites for hydroxylation is 1. The average Bonchev–Trinajstić information content (AvgIpc) is 2.73. The van der Waals surface area contributed by atoms with E-state index in [1.807, 2.05) is 0 Å². The smallest absolute Gasteiger partial charge is 0.345 e. The van der Waals surface area contributed by atoms with E-state index in [1.54, 1.807) is 6.92 Å². The summed E-state index contributed by atoms with van der Waals surface area (Å²) in [5, 5.41) is 8.85. The quantitative estimate of drug-likeness (QED) is 0.933. The van der Waals surface area contributed by atoms with E-state index in [0.29, 0.717) is 5.56 Å². The van der Waals surface area contributed by atoms with Crippen molar-refractivity contribution < 1.29 is 23.4 Å². The van der Waals surface area contributed by atoms with Crippen molar-refractivity contribution in [2.75, 3.05) is 0 Å². The van der Waals surface area contributed by atoms with Crippen LogP contribution in [-0.2, 0) is 6.61 Å². The summed E-state index contributed by atoms with van der Waals surface area (Å²) in [5.41, 5.74) is 0.645. The first-order chi connectivity index (χ1) is 8.99. The number of aromatic carboxylic acids is 1. The molecule has 0 aliphatic rings. The highest BCUT2D eigenvalue weighted by molar-refractivity contribution is 7.14. The molecule has 2 aromatic rings. The predicted octanol–water partition coefficient (Wildman–Crippen LogP) is 3.61. The average molecular weight is 284 g/mol. The largest absolute Gasteiger partial charge is 0.486 e. The van der Waals surface area contributed by atoms with Crippen LogP contribution in [0.2, 0.25) is 0 Å². The molecule has 0 unspecified atom stereocenters. The van der Waals surface area contributed by atoms with Gasteiger partial charge in [-0.15, -0.1) is 11.3 Å². The number of rotatable bonds is 4. The van der Waals surface area contributed by atoms with Crippen LogP contribution in [0, 0.1) is 18.6 Å². The summed E-state index contributed by atoms with van der Waals surface area (Å²) in [4.78, 5) is 11.8. The first kappa shape index (κ1) is 13.5. The van der Waals surface area contributed by atoms with E-state index < -0.39 is 17.6 Å². The van der Waals surface area contributed by atoms with Crippen molar-refractivity contribution in [1.29, 1.82) is 0 Å². The van der Waals surface area contributed by atoms with Crippen molar-refractivity contribution in [1.82, 2.24) is 0 Å². The molecule has 0 fully saturated rings. The van der Waals surface area contributed by atoms with Gasteiger partial charge in [-0.25, -0.2) is 9.18 Å². The molecule has 0 radical (unpaired) electrons. The van der Waals surface area contributed by atoms with Crippen LogP contribution in [0.4, 0.5) is 8.78 Å². The maximum Gasteiger partial charge on any atom is 0.345 e. The Morgan fingerprint density at radius 2 is 2.16 bits per heavy atom. The maximum atomic E-state index is 13.3. The monoisotopic (exact) mass is 284 g/mol. The minimum absolute atomic E-state index is 0.00398. The van der Waals surface area contributed by atoms with Gasteiger partial charge in [-0.2, -0.15) is 4.39 Å². The fraction of sp³-hybridized carbons (Fsp3) is 0.154. The van der Waals surface area contributed by atoms with E-state index in [0.717, 1.165) is 22.3 Å². The molecule has 0 saturated carbocycles. The fourth-order valence-electron chi connectivity index (χ4n) is 1.52. The van der Waals surface area contributed by atoms with Crippen LogP contribution < -0.4 is 4.74 Å². The van der Waals surface area contributed by atoms with Crippen molar-refractivity contribution in [3.05, 3.63) is 51.2 Å². The van der Waals surface area contributed by atoms with Crippen LogP contribution in [-0.4, -0.2) is 11.1 Å². The van der Waals surface area contributed by atoms with Gasteiger partial charge in [0.05, 0.1) is 0 Å². The number of carboxylic acids is 1. The molecule has 1 aromatic heterocycles. The Kier molecular flexibility index (Phi) is 3.80. The normalized spacial score (nSPS) is 10.5. The summed E-state index contributed by atoms with van der Waals surface area (Å²) in [5.74, 6) is -3.24. The Labute approximate surface area is 112 Å². The van der Waals surface area contributed by atoms with Crippen LogP contribution in [0.5, 0.6) is 5.75 Å². The summed E-state index contributed by atoms with van der Waals surface area (Å²) < 4.78 is 31.5. The highest BCUT2D eigenvalue weighted by atomic mass is 32.1. The summed E-state index contributed by atoms with van der Waals surface area (Å²) in [6.07, 6.45) is 0. The zero-order valence-corrected chi connectivity index (χ0v) is 10.8. The molecule has 100 valence electrons. The Morgan fingerprint density at radius 3 is 2.79 bits per heavy atom. The summed E-state index contributed by atoms with van der Waals surface area (Å²) >= 11 is 1.12. The molecule has 0 amide bonds. The molecule has 0 aliphatic heterocycles. The highest BCUT2D eigenvalue weighted by Crippen LogP contribution is 2.25. The third-order valence-electron chi connectivity index (χ3n) is 2.53. The van der Waals surface area contributed by atoms with Crippen LogP contribution in [0.1, 0.15) is 20.1 Å². The van der Waals surface area contributed by atoms with Crippen molar-refractivity contribution in [2.45, 2.75) is 13.5 Å². The molecule has 1 N–H and O–H groups in total. The van der Waals surface area contributed by atoms with E-state index in [1.165, 1.54) is 18.2 Å². The van der Waals surface area contributed by atoms with Crippen LogP contribution >= 0.6 is 11.3 Å². The van der Waals surface area contributed by atoms with Crippen LogP contribution in [0.3, 0.4) is 0 Å².